The number of fused-ring (bicyclic) bond motifs is 1. The molecule has 0 spiro atoms. The molecule has 0 unspecified atom stereocenters. The van der Waals surface area contributed by atoms with Crippen LogP contribution in [0.2, 0.25) is 0 Å². The second-order valence-electron chi connectivity index (χ2n) is 8.86. The fourth-order valence-corrected chi connectivity index (χ4v) is 7.10. The number of rotatable bonds is 4. The Labute approximate surface area is 158 Å². The van der Waals surface area contributed by atoms with Gasteiger partial charge in [0.25, 0.3) is 0 Å². The zero-order valence-electron chi connectivity index (χ0n) is 15.3. The molecule has 3 nitrogen and oxygen atoms in total. The molecule has 4 aliphatic rings. The van der Waals surface area contributed by atoms with Gasteiger partial charge in [-0.05, 0) is 86.8 Å². The third-order valence-electron chi connectivity index (χ3n) is 7.05. The highest BCUT2D eigenvalue weighted by Gasteiger charge is 2.53. The molecular weight excluding hydrogens is 340 g/mol. The van der Waals surface area contributed by atoms with Crippen LogP contribution >= 0.6 is 11.3 Å². The van der Waals surface area contributed by atoms with E-state index in [0.717, 1.165) is 33.0 Å². The van der Waals surface area contributed by atoms with E-state index in [9.17, 15) is 4.79 Å². The second kappa shape index (κ2) is 6.19. The van der Waals surface area contributed by atoms with Crippen molar-refractivity contribution in [3.63, 3.8) is 0 Å². The molecule has 1 heterocycles. The monoisotopic (exact) mass is 366 g/mol. The van der Waals surface area contributed by atoms with Crippen LogP contribution in [0.15, 0.2) is 30.3 Å². The van der Waals surface area contributed by atoms with Gasteiger partial charge in [0.05, 0.1) is 10.2 Å². The Bertz CT molecular complexity index is 800. The van der Waals surface area contributed by atoms with Crippen LogP contribution in [0.5, 0.6) is 0 Å². The number of para-hydroxylation sites is 1. The Hall–Kier alpha value is -1.68. The number of hydrogen-bond acceptors (Lipinski definition) is 3. The van der Waals surface area contributed by atoms with Crippen LogP contribution in [0.4, 0.5) is 0 Å². The van der Waals surface area contributed by atoms with Crippen molar-refractivity contribution < 1.29 is 4.79 Å². The number of benzene rings is 1. The van der Waals surface area contributed by atoms with Crippen LogP contribution in [0.1, 0.15) is 50.5 Å². The highest BCUT2D eigenvalue weighted by atomic mass is 32.1. The fourth-order valence-electron chi connectivity index (χ4n) is 6.23. The molecule has 0 radical (unpaired) electrons. The topological polar surface area (TPSA) is 42.0 Å². The molecule has 1 amide bonds. The zero-order chi connectivity index (χ0) is 17.7. The largest absolute Gasteiger partial charge is 0.350 e. The van der Waals surface area contributed by atoms with Gasteiger partial charge in [-0.25, -0.2) is 4.98 Å². The molecule has 136 valence electrons. The average molecular weight is 367 g/mol. The molecule has 26 heavy (non-hydrogen) atoms. The molecule has 6 rings (SSSR count). The molecule has 1 atom stereocenters. The van der Waals surface area contributed by atoms with Crippen molar-refractivity contribution in [1.29, 1.82) is 0 Å². The average Bonchev–Trinajstić information content (AvgIpc) is 3.02. The minimum Gasteiger partial charge on any atom is -0.350 e. The number of carbonyl (C=O) groups is 1. The number of thiazole rings is 1. The van der Waals surface area contributed by atoms with E-state index in [1.165, 1.54) is 38.5 Å². The summed E-state index contributed by atoms with van der Waals surface area (Å²) in [6.07, 6.45) is 11.8. The lowest BCUT2D eigenvalue weighted by Gasteiger charge is -2.59. The maximum Gasteiger partial charge on any atom is 0.244 e. The Kier molecular flexibility index (Phi) is 3.93. The molecule has 4 bridgehead atoms. The minimum atomic E-state index is 0.0208. The molecule has 1 aromatic carbocycles. The summed E-state index contributed by atoms with van der Waals surface area (Å²) in [4.78, 5) is 17.1. The lowest BCUT2D eigenvalue weighted by Crippen LogP contribution is -2.55. The van der Waals surface area contributed by atoms with Crippen molar-refractivity contribution in [1.82, 2.24) is 10.3 Å². The zero-order valence-corrected chi connectivity index (χ0v) is 16.1. The van der Waals surface area contributed by atoms with Crippen molar-refractivity contribution in [3.8, 4) is 0 Å². The maximum atomic E-state index is 12.5. The van der Waals surface area contributed by atoms with E-state index in [-0.39, 0.29) is 11.9 Å². The first-order chi connectivity index (χ1) is 12.6. The summed E-state index contributed by atoms with van der Waals surface area (Å²) >= 11 is 1.63. The smallest absolute Gasteiger partial charge is 0.244 e. The Morgan fingerprint density at radius 3 is 2.50 bits per heavy atom. The lowest BCUT2D eigenvalue weighted by molar-refractivity contribution is -0.121. The van der Waals surface area contributed by atoms with Gasteiger partial charge >= 0.3 is 0 Å². The van der Waals surface area contributed by atoms with Crippen molar-refractivity contribution in [2.45, 2.75) is 51.5 Å². The van der Waals surface area contributed by atoms with Crippen LogP contribution in [-0.4, -0.2) is 16.9 Å². The van der Waals surface area contributed by atoms with Gasteiger partial charge in [0.2, 0.25) is 5.91 Å². The van der Waals surface area contributed by atoms with Gasteiger partial charge in [0, 0.05) is 12.1 Å². The van der Waals surface area contributed by atoms with E-state index in [1.54, 1.807) is 17.4 Å². The Morgan fingerprint density at radius 2 is 1.85 bits per heavy atom. The molecule has 0 saturated heterocycles. The van der Waals surface area contributed by atoms with Gasteiger partial charge < -0.3 is 5.32 Å². The summed E-state index contributed by atoms with van der Waals surface area (Å²) in [7, 11) is 0. The van der Waals surface area contributed by atoms with Crippen LogP contribution in [0.3, 0.4) is 0 Å². The summed E-state index contributed by atoms with van der Waals surface area (Å²) in [6.45, 7) is 2.23. The molecule has 2 aromatic rings. The van der Waals surface area contributed by atoms with E-state index in [1.807, 2.05) is 24.3 Å². The molecular formula is C22H26N2OS. The van der Waals surface area contributed by atoms with E-state index in [0.29, 0.717) is 5.41 Å². The highest BCUT2D eigenvalue weighted by Crippen LogP contribution is 2.61. The number of hydrogen-bond donors (Lipinski definition) is 1. The molecule has 0 aliphatic heterocycles. The molecule has 1 aromatic heterocycles. The summed E-state index contributed by atoms with van der Waals surface area (Å²) in [5, 5.41) is 4.18. The van der Waals surface area contributed by atoms with Crippen LogP contribution < -0.4 is 5.32 Å². The van der Waals surface area contributed by atoms with Gasteiger partial charge in [-0.3, -0.25) is 4.79 Å². The summed E-state index contributed by atoms with van der Waals surface area (Å²) in [6, 6.07) is 8.37. The van der Waals surface area contributed by atoms with E-state index < -0.39 is 0 Å². The van der Waals surface area contributed by atoms with Gasteiger partial charge in [0.1, 0.15) is 5.01 Å². The summed E-state index contributed by atoms with van der Waals surface area (Å²) < 4.78 is 1.16. The van der Waals surface area contributed by atoms with E-state index >= 15 is 0 Å². The SMILES string of the molecule is C[C@H](NC(=O)/C=C/c1nc2ccccc2s1)C12CC3CC(CC(C3)C1)C2. The Morgan fingerprint density at radius 1 is 1.19 bits per heavy atom. The fraction of sp³-hybridized carbons (Fsp3) is 0.545. The van der Waals surface area contributed by atoms with Crippen LogP contribution in [0.25, 0.3) is 16.3 Å². The van der Waals surface area contributed by atoms with Crippen molar-refractivity contribution in [2.75, 3.05) is 0 Å². The number of aromatic nitrogens is 1. The Balaban J connectivity index is 1.26. The molecule has 4 saturated carbocycles. The van der Waals surface area contributed by atoms with Crippen molar-refractivity contribution in [2.24, 2.45) is 23.2 Å². The first kappa shape index (κ1) is 16.5. The summed E-state index contributed by atoms with van der Waals surface area (Å²) in [5.41, 5.74) is 1.35. The van der Waals surface area contributed by atoms with Gasteiger partial charge in [-0.2, -0.15) is 0 Å². The molecule has 4 aliphatic carbocycles. The molecule has 1 N–H and O–H groups in total. The quantitative estimate of drug-likeness (QED) is 0.771. The van der Waals surface area contributed by atoms with E-state index in [2.05, 4.69) is 23.3 Å². The van der Waals surface area contributed by atoms with E-state index in [4.69, 9.17) is 0 Å². The third kappa shape index (κ3) is 2.88. The predicted octanol–water partition coefficient (Wildman–Crippen LogP) is 5.03. The van der Waals surface area contributed by atoms with Crippen molar-refractivity contribution in [3.05, 3.63) is 35.3 Å². The normalized spacial score (nSPS) is 33.8. The summed E-state index contributed by atoms with van der Waals surface area (Å²) in [5.74, 6) is 2.77. The van der Waals surface area contributed by atoms with Gasteiger partial charge in [0.15, 0.2) is 0 Å². The predicted molar refractivity (Wildman–Crippen MR) is 107 cm³/mol. The van der Waals surface area contributed by atoms with Gasteiger partial charge in [-0.15, -0.1) is 11.3 Å². The number of nitrogens with zero attached hydrogens (tertiary/aromatic N) is 1. The van der Waals surface area contributed by atoms with Crippen molar-refractivity contribution >= 4 is 33.5 Å². The number of amides is 1. The maximum absolute atomic E-state index is 12.5. The van der Waals surface area contributed by atoms with Crippen LogP contribution in [0, 0.1) is 23.2 Å². The molecule has 4 heteroatoms. The third-order valence-corrected chi connectivity index (χ3v) is 8.05. The van der Waals surface area contributed by atoms with Gasteiger partial charge in [-0.1, -0.05) is 12.1 Å². The lowest BCUT2D eigenvalue weighted by atomic mass is 9.48. The minimum absolute atomic E-state index is 0.0208. The number of nitrogens with one attached hydrogen (secondary N) is 1. The molecule has 4 fully saturated rings. The first-order valence-corrected chi connectivity index (χ1v) is 10.8. The second-order valence-corrected chi connectivity index (χ2v) is 9.93. The van der Waals surface area contributed by atoms with Crippen LogP contribution in [-0.2, 0) is 4.79 Å². The highest BCUT2D eigenvalue weighted by molar-refractivity contribution is 7.19. The first-order valence-electron chi connectivity index (χ1n) is 9.94. The standard InChI is InChI=1S/C22H26N2OS/c1-14(22-11-15-8-16(12-22)10-17(9-15)13-22)23-20(25)6-7-21-24-18-4-2-3-5-19(18)26-21/h2-7,14-17H,8-13H2,1H3,(H,23,25)/b7-6+/t14-,15?,16?,17?,22?/m0/s1. The number of carbonyl (C=O) groups excluding carboxylic acids is 1.